The van der Waals surface area contributed by atoms with Crippen molar-refractivity contribution in [1.82, 2.24) is 0 Å². The molecule has 8 atom stereocenters. The van der Waals surface area contributed by atoms with Gasteiger partial charge < -0.3 is 24.1 Å². The average molecular weight is 801 g/mol. The van der Waals surface area contributed by atoms with E-state index in [0.29, 0.717) is 17.8 Å². The molecule has 6 heteroatoms. The zero-order valence-electron chi connectivity index (χ0n) is 37.2. The van der Waals surface area contributed by atoms with Gasteiger partial charge in [-0.05, 0) is 135 Å². The van der Waals surface area contributed by atoms with E-state index in [4.69, 9.17) is 19.0 Å². The summed E-state index contributed by atoms with van der Waals surface area (Å²) in [6.07, 6.45) is 11.9. The second-order valence-electron chi connectivity index (χ2n) is 18.6. The van der Waals surface area contributed by atoms with Gasteiger partial charge in [-0.25, -0.2) is 0 Å². The van der Waals surface area contributed by atoms with Crippen molar-refractivity contribution < 1.29 is 24.1 Å². The Bertz CT molecular complexity index is 1470. The summed E-state index contributed by atoms with van der Waals surface area (Å²) >= 11 is 0. The molecule has 57 heavy (non-hydrogen) atoms. The maximum atomic E-state index is 10.1. The van der Waals surface area contributed by atoms with Crippen molar-refractivity contribution in [3.63, 3.8) is 0 Å². The lowest BCUT2D eigenvalue weighted by atomic mass is 9.88. The molecule has 5 nitrogen and oxygen atoms in total. The molecule has 2 aliphatic heterocycles. The molecular formula is C51H80O5Si. The molecule has 2 saturated heterocycles. The van der Waals surface area contributed by atoms with Crippen molar-refractivity contribution >= 4 is 18.7 Å². The summed E-state index contributed by atoms with van der Waals surface area (Å²) in [5.41, 5.74) is 4.81. The van der Waals surface area contributed by atoms with Crippen LogP contribution in [0.3, 0.4) is 0 Å². The Balaban J connectivity index is 0.000000367. The maximum Gasteiger partial charge on any atom is 0.261 e. The highest BCUT2D eigenvalue weighted by atomic mass is 28.4. The van der Waals surface area contributed by atoms with E-state index in [-0.39, 0.29) is 42.2 Å². The number of hydrogen-bond acceptors (Lipinski definition) is 5. The van der Waals surface area contributed by atoms with Gasteiger partial charge in [0.2, 0.25) is 0 Å². The quantitative estimate of drug-likeness (QED) is 0.0705. The Labute approximate surface area is 349 Å². The van der Waals surface area contributed by atoms with Gasteiger partial charge in [-0.15, -0.1) is 0 Å². The van der Waals surface area contributed by atoms with E-state index in [2.05, 4.69) is 135 Å². The van der Waals surface area contributed by atoms with E-state index in [1.807, 2.05) is 6.92 Å². The molecule has 4 rings (SSSR count). The minimum Gasteiger partial charge on any atom is -0.407 e. The molecule has 2 aromatic carbocycles. The average Bonchev–Trinajstić information content (AvgIpc) is 3.72. The summed E-state index contributed by atoms with van der Waals surface area (Å²) in [6.45, 7) is 35.4. The second kappa shape index (κ2) is 23.9. The smallest absolute Gasteiger partial charge is 0.261 e. The van der Waals surface area contributed by atoms with Crippen LogP contribution in [0, 0.1) is 17.8 Å². The van der Waals surface area contributed by atoms with E-state index >= 15 is 0 Å². The second-order valence-corrected chi connectivity index (χ2v) is 22.9. The molecule has 0 spiro atoms. The predicted molar refractivity (Wildman–Crippen MR) is 245 cm³/mol. The van der Waals surface area contributed by atoms with Crippen LogP contribution < -0.4 is 10.4 Å². The van der Waals surface area contributed by atoms with Gasteiger partial charge in [-0.1, -0.05) is 140 Å². The molecule has 2 heterocycles. The number of benzene rings is 2. The first-order chi connectivity index (χ1) is 27.0. The van der Waals surface area contributed by atoms with Crippen LogP contribution in [0.2, 0.25) is 5.04 Å². The number of aliphatic hydroxyl groups is 2. The molecule has 318 valence electrons. The van der Waals surface area contributed by atoms with Gasteiger partial charge in [0.1, 0.15) is 0 Å². The molecule has 2 N–H and O–H groups in total. The highest BCUT2D eigenvalue weighted by Crippen LogP contribution is 2.38. The summed E-state index contributed by atoms with van der Waals surface area (Å²) in [7, 11) is -2.46. The first-order valence-corrected chi connectivity index (χ1v) is 23.9. The molecule has 0 radical (unpaired) electrons. The van der Waals surface area contributed by atoms with E-state index in [0.717, 1.165) is 82.0 Å². The third kappa shape index (κ3) is 15.2. The van der Waals surface area contributed by atoms with E-state index in [1.165, 1.54) is 34.4 Å². The fraction of sp³-hybridized carbons (Fsp3) is 0.608. The summed E-state index contributed by atoms with van der Waals surface area (Å²) in [5, 5.41) is 21.6. The standard InChI is InChI=1S/C34H50O2Si.C17H30O3/c1-26(2)28(4)24-27(3)21-22-33-29(5)25-30(36-33)16-15-23-35-37(34(6,7)8,31-17-11-9-12-18-31)32-19-13-10-14-20-32;1-12(2)13(3)10-15(19)7-8-17-14(4)11-16(20-17)6-5-9-18/h9-14,17-20,27-28,30,33H,1,5,15-16,21-25H2,2-4,6-8H3;13,15-19H,1,4-11H2,2-3H3/t27-,28?,30+,33?;13?,15-,16+,17?/m11/s1. The van der Waals surface area contributed by atoms with Gasteiger partial charge in [0.05, 0.1) is 30.5 Å². The number of hydrogen-bond donors (Lipinski definition) is 2. The van der Waals surface area contributed by atoms with Gasteiger partial charge in [-0.3, -0.25) is 0 Å². The lowest BCUT2D eigenvalue weighted by Crippen LogP contribution is -2.66. The van der Waals surface area contributed by atoms with Crippen LogP contribution in [-0.2, 0) is 13.9 Å². The molecular weight excluding hydrogens is 721 g/mol. The summed E-state index contributed by atoms with van der Waals surface area (Å²) in [4.78, 5) is 0. The highest BCUT2D eigenvalue weighted by Gasteiger charge is 2.50. The molecule has 2 aromatic rings. The number of rotatable bonds is 22. The van der Waals surface area contributed by atoms with Gasteiger partial charge in [0, 0.05) is 13.2 Å². The first-order valence-electron chi connectivity index (χ1n) is 22.0. The third-order valence-electron chi connectivity index (χ3n) is 12.4. The molecule has 0 saturated carbocycles. The minimum atomic E-state index is -2.46. The van der Waals surface area contributed by atoms with Gasteiger partial charge >= 0.3 is 0 Å². The van der Waals surface area contributed by atoms with Crippen molar-refractivity contribution in [2.75, 3.05) is 13.2 Å². The van der Waals surface area contributed by atoms with Crippen LogP contribution in [0.25, 0.3) is 0 Å². The molecule has 2 aliphatic rings. The fourth-order valence-corrected chi connectivity index (χ4v) is 13.1. The summed E-state index contributed by atoms with van der Waals surface area (Å²) < 4.78 is 19.5. The zero-order valence-corrected chi connectivity index (χ0v) is 38.2. The SMILES string of the molecule is C=C(C)C(C)C[C@H](C)CCC1O[C@@H](CCCO[Si](c2ccccc2)(c2ccccc2)C(C)(C)C)CC1=C.C=C(C)C(C)C[C@H](O)CCC1O[C@@H](CCCO)CC1=C. The molecule has 4 unspecified atom stereocenters. The van der Waals surface area contributed by atoms with Crippen LogP contribution >= 0.6 is 0 Å². The Kier molecular flexibility index (Phi) is 20.4. The first kappa shape index (κ1) is 48.8. The molecule has 2 fully saturated rings. The van der Waals surface area contributed by atoms with E-state index < -0.39 is 8.32 Å². The zero-order chi connectivity index (χ0) is 42.2. The fourth-order valence-electron chi connectivity index (χ4n) is 8.53. The van der Waals surface area contributed by atoms with Gasteiger partial charge in [0.15, 0.2) is 0 Å². The van der Waals surface area contributed by atoms with Crippen molar-refractivity contribution in [3.8, 4) is 0 Å². The van der Waals surface area contributed by atoms with Crippen LogP contribution in [0.4, 0.5) is 0 Å². The van der Waals surface area contributed by atoms with E-state index in [1.54, 1.807) is 0 Å². The van der Waals surface area contributed by atoms with Gasteiger partial charge in [0.25, 0.3) is 8.32 Å². The van der Waals surface area contributed by atoms with Crippen molar-refractivity contribution in [1.29, 1.82) is 0 Å². The van der Waals surface area contributed by atoms with Crippen molar-refractivity contribution in [2.24, 2.45) is 17.8 Å². The normalized spacial score (nSPS) is 22.1. The monoisotopic (exact) mass is 801 g/mol. The number of allylic oxidation sites excluding steroid dienone is 2. The van der Waals surface area contributed by atoms with Crippen LogP contribution in [0.15, 0.2) is 109 Å². The summed E-state index contributed by atoms with van der Waals surface area (Å²) in [5.74, 6) is 1.63. The van der Waals surface area contributed by atoms with E-state index in [9.17, 15) is 5.11 Å². The van der Waals surface area contributed by atoms with Crippen LogP contribution in [0.1, 0.15) is 132 Å². The van der Waals surface area contributed by atoms with Crippen LogP contribution in [-0.4, -0.2) is 62.3 Å². The number of aliphatic hydroxyl groups excluding tert-OH is 2. The third-order valence-corrected chi connectivity index (χ3v) is 17.5. The van der Waals surface area contributed by atoms with Crippen LogP contribution in [0.5, 0.6) is 0 Å². The highest BCUT2D eigenvalue weighted by molar-refractivity contribution is 6.99. The molecule has 0 aliphatic carbocycles. The Morgan fingerprint density at radius 2 is 1.19 bits per heavy atom. The Hall–Kier alpha value is -2.58. The summed E-state index contributed by atoms with van der Waals surface area (Å²) in [6, 6.07) is 21.8. The van der Waals surface area contributed by atoms with Crippen molar-refractivity contribution in [3.05, 3.63) is 109 Å². The maximum absolute atomic E-state index is 10.1. The Morgan fingerprint density at radius 3 is 1.65 bits per heavy atom. The predicted octanol–water partition coefficient (Wildman–Crippen LogP) is 11.3. The number of ether oxygens (including phenoxy) is 2. The topological polar surface area (TPSA) is 68.2 Å². The Morgan fingerprint density at radius 1 is 0.737 bits per heavy atom. The largest absolute Gasteiger partial charge is 0.407 e. The lowest BCUT2D eigenvalue weighted by Gasteiger charge is -2.43. The molecule has 0 bridgehead atoms. The molecule has 0 amide bonds. The lowest BCUT2D eigenvalue weighted by molar-refractivity contribution is 0.0291. The molecule has 0 aromatic heterocycles. The minimum absolute atomic E-state index is 0.0112. The van der Waals surface area contributed by atoms with Gasteiger partial charge in [-0.2, -0.15) is 0 Å². The van der Waals surface area contributed by atoms with Crippen molar-refractivity contribution in [2.45, 2.75) is 168 Å².